The minimum absolute atomic E-state index is 0.0215. The third-order valence-corrected chi connectivity index (χ3v) is 7.17. The number of hydrogen-bond acceptors (Lipinski definition) is 4. The van der Waals surface area contributed by atoms with Crippen molar-refractivity contribution >= 4 is 11.8 Å². The van der Waals surface area contributed by atoms with Crippen LogP contribution in [0.2, 0.25) is 0 Å². The number of amides is 2. The van der Waals surface area contributed by atoms with E-state index in [-0.39, 0.29) is 22.8 Å². The SMILES string of the molecule is COc1ccc(CN(C)C(=O)C23CC4CC(CC(NC(C)=O)(C4)C2)C3)cc1OC. The summed E-state index contributed by atoms with van der Waals surface area (Å²) in [5, 5.41) is 3.24. The minimum atomic E-state index is -0.335. The topological polar surface area (TPSA) is 67.9 Å². The summed E-state index contributed by atoms with van der Waals surface area (Å²) in [6.45, 7) is 2.12. The van der Waals surface area contributed by atoms with Gasteiger partial charge in [-0.15, -0.1) is 0 Å². The average Bonchev–Trinajstić information content (AvgIpc) is 2.65. The van der Waals surface area contributed by atoms with E-state index in [1.165, 1.54) is 6.42 Å². The maximum Gasteiger partial charge on any atom is 0.228 e. The molecule has 1 aromatic carbocycles. The number of ether oxygens (including phenoxy) is 2. The van der Waals surface area contributed by atoms with E-state index in [1.54, 1.807) is 21.1 Å². The Bertz CT molecular complexity index is 807. The number of rotatable bonds is 6. The summed E-state index contributed by atoms with van der Waals surface area (Å²) in [6.07, 6.45) is 5.95. The van der Waals surface area contributed by atoms with Crippen LogP contribution in [0.4, 0.5) is 0 Å². The Kier molecular flexibility index (Phi) is 4.99. The Morgan fingerprint density at radius 2 is 1.76 bits per heavy atom. The summed E-state index contributed by atoms with van der Waals surface area (Å²) in [5.74, 6) is 2.68. The molecule has 4 aliphatic carbocycles. The normalized spacial score (nSPS) is 32.0. The van der Waals surface area contributed by atoms with E-state index in [0.29, 0.717) is 29.9 Å². The van der Waals surface area contributed by atoms with Crippen LogP contribution in [0.3, 0.4) is 0 Å². The first-order valence-electron chi connectivity index (χ1n) is 10.5. The van der Waals surface area contributed by atoms with Gasteiger partial charge in [-0.25, -0.2) is 0 Å². The van der Waals surface area contributed by atoms with Gasteiger partial charge in [-0.05, 0) is 68.1 Å². The van der Waals surface area contributed by atoms with E-state index < -0.39 is 0 Å². The smallest absolute Gasteiger partial charge is 0.228 e. The van der Waals surface area contributed by atoms with Gasteiger partial charge in [0.2, 0.25) is 11.8 Å². The second kappa shape index (κ2) is 7.22. The Labute approximate surface area is 172 Å². The van der Waals surface area contributed by atoms with E-state index in [9.17, 15) is 9.59 Å². The Morgan fingerprint density at radius 1 is 1.10 bits per heavy atom. The molecule has 0 saturated heterocycles. The van der Waals surface area contributed by atoms with Gasteiger partial charge in [-0.3, -0.25) is 9.59 Å². The highest BCUT2D eigenvalue weighted by Crippen LogP contribution is 2.62. The highest BCUT2D eigenvalue weighted by Gasteiger charge is 2.61. The third kappa shape index (κ3) is 3.58. The van der Waals surface area contributed by atoms with Crippen molar-refractivity contribution in [2.24, 2.45) is 17.3 Å². The molecule has 1 aromatic rings. The fraction of sp³-hybridized carbons (Fsp3) is 0.652. The van der Waals surface area contributed by atoms with Gasteiger partial charge in [0.15, 0.2) is 11.5 Å². The zero-order valence-corrected chi connectivity index (χ0v) is 17.9. The third-order valence-electron chi connectivity index (χ3n) is 7.17. The van der Waals surface area contributed by atoms with Crippen molar-refractivity contribution in [2.75, 3.05) is 21.3 Å². The Morgan fingerprint density at radius 3 is 2.34 bits per heavy atom. The molecular formula is C23H32N2O4. The van der Waals surface area contributed by atoms with E-state index in [4.69, 9.17) is 9.47 Å². The molecular weight excluding hydrogens is 368 g/mol. The van der Waals surface area contributed by atoms with Crippen LogP contribution in [0, 0.1) is 17.3 Å². The van der Waals surface area contributed by atoms with Crippen molar-refractivity contribution in [3.63, 3.8) is 0 Å². The van der Waals surface area contributed by atoms with Crippen LogP contribution in [0.5, 0.6) is 11.5 Å². The first-order chi connectivity index (χ1) is 13.8. The average molecular weight is 401 g/mol. The molecule has 4 fully saturated rings. The van der Waals surface area contributed by atoms with Crippen molar-refractivity contribution in [3.8, 4) is 11.5 Å². The van der Waals surface area contributed by atoms with Gasteiger partial charge in [0.05, 0.1) is 19.6 Å². The Hall–Kier alpha value is -2.24. The van der Waals surface area contributed by atoms with Crippen LogP contribution < -0.4 is 14.8 Å². The molecule has 29 heavy (non-hydrogen) atoms. The van der Waals surface area contributed by atoms with E-state index in [2.05, 4.69) is 5.32 Å². The lowest BCUT2D eigenvalue weighted by atomic mass is 9.46. The lowest BCUT2D eigenvalue weighted by Gasteiger charge is -2.61. The van der Waals surface area contributed by atoms with Crippen LogP contribution in [-0.4, -0.2) is 43.5 Å². The van der Waals surface area contributed by atoms with Crippen LogP contribution in [0.15, 0.2) is 18.2 Å². The fourth-order valence-electron chi connectivity index (χ4n) is 6.76. The first-order valence-corrected chi connectivity index (χ1v) is 10.5. The second-order valence-corrected chi connectivity index (χ2v) is 9.55. The zero-order valence-electron chi connectivity index (χ0n) is 17.9. The molecule has 0 aliphatic heterocycles. The zero-order chi connectivity index (χ0) is 20.8. The van der Waals surface area contributed by atoms with Gasteiger partial charge < -0.3 is 19.7 Å². The van der Waals surface area contributed by atoms with Gasteiger partial charge in [-0.1, -0.05) is 6.07 Å². The Balaban J connectivity index is 1.53. The lowest BCUT2D eigenvalue weighted by Crippen LogP contribution is -2.65. The van der Waals surface area contributed by atoms with Crippen molar-refractivity contribution in [3.05, 3.63) is 23.8 Å². The van der Waals surface area contributed by atoms with Crippen LogP contribution in [0.25, 0.3) is 0 Å². The number of carbonyl (C=O) groups excluding carboxylic acids is 2. The summed E-state index contributed by atoms with van der Waals surface area (Å²) in [4.78, 5) is 27.4. The lowest BCUT2D eigenvalue weighted by molar-refractivity contribution is -0.162. The molecule has 6 heteroatoms. The molecule has 0 aromatic heterocycles. The summed E-state index contributed by atoms with van der Waals surface area (Å²) in [7, 11) is 5.13. The molecule has 0 spiro atoms. The number of nitrogens with one attached hydrogen (secondary N) is 1. The predicted octanol–water partition coefficient (Wildman–Crippen LogP) is 3.14. The monoisotopic (exact) mass is 400 g/mol. The number of nitrogens with zero attached hydrogens (tertiary/aromatic N) is 1. The van der Waals surface area contributed by atoms with Gasteiger partial charge in [0.25, 0.3) is 0 Å². The van der Waals surface area contributed by atoms with Gasteiger partial charge in [-0.2, -0.15) is 0 Å². The van der Waals surface area contributed by atoms with Crippen molar-refractivity contribution in [1.82, 2.24) is 10.2 Å². The molecule has 0 radical (unpaired) electrons. The number of carbonyl (C=O) groups is 2. The molecule has 4 saturated carbocycles. The van der Waals surface area contributed by atoms with Gasteiger partial charge in [0.1, 0.15) is 0 Å². The number of hydrogen-bond donors (Lipinski definition) is 1. The molecule has 0 heterocycles. The molecule has 2 unspecified atom stereocenters. The van der Waals surface area contributed by atoms with Crippen LogP contribution >= 0.6 is 0 Å². The molecule has 4 bridgehead atoms. The predicted molar refractivity (Wildman–Crippen MR) is 110 cm³/mol. The summed E-state index contributed by atoms with van der Waals surface area (Å²) >= 11 is 0. The number of benzene rings is 1. The maximum absolute atomic E-state index is 13.7. The first kappa shape index (κ1) is 20.0. The fourth-order valence-corrected chi connectivity index (χ4v) is 6.76. The maximum atomic E-state index is 13.7. The van der Waals surface area contributed by atoms with Crippen molar-refractivity contribution < 1.29 is 19.1 Å². The largest absolute Gasteiger partial charge is 0.493 e. The summed E-state index contributed by atoms with van der Waals surface area (Å²) in [6, 6.07) is 5.79. The molecule has 5 rings (SSSR count). The van der Waals surface area contributed by atoms with Crippen molar-refractivity contribution in [1.29, 1.82) is 0 Å². The second-order valence-electron chi connectivity index (χ2n) is 9.55. The molecule has 158 valence electrons. The summed E-state index contributed by atoms with van der Waals surface area (Å²) < 4.78 is 10.7. The summed E-state index contributed by atoms with van der Waals surface area (Å²) in [5.41, 5.74) is 0.493. The quantitative estimate of drug-likeness (QED) is 0.797. The molecule has 2 amide bonds. The molecule has 2 atom stereocenters. The van der Waals surface area contributed by atoms with E-state index in [1.807, 2.05) is 30.1 Å². The van der Waals surface area contributed by atoms with Gasteiger partial charge in [0, 0.05) is 26.1 Å². The van der Waals surface area contributed by atoms with Crippen LogP contribution in [-0.2, 0) is 16.1 Å². The molecule has 6 nitrogen and oxygen atoms in total. The van der Waals surface area contributed by atoms with Crippen LogP contribution in [0.1, 0.15) is 51.0 Å². The number of methoxy groups -OCH3 is 2. The molecule has 4 aliphatic rings. The molecule has 1 N–H and O–H groups in total. The van der Waals surface area contributed by atoms with E-state index >= 15 is 0 Å². The van der Waals surface area contributed by atoms with Gasteiger partial charge >= 0.3 is 0 Å². The highest BCUT2D eigenvalue weighted by molar-refractivity contribution is 5.84. The highest BCUT2D eigenvalue weighted by atomic mass is 16.5. The minimum Gasteiger partial charge on any atom is -0.493 e. The van der Waals surface area contributed by atoms with Crippen molar-refractivity contribution in [2.45, 2.75) is 57.5 Å². The van der Waals surface area contributed by atoms with E-state index in [0.717, 1.165) is 37.7 Å². The standard InChI is InChI=1S/C23H32N2O4/c1-15(26)24-23-11-17-7-18(12-23)10-22(9-17,14-23)21(27)25(2)13-16-5-6-19(28-3)20(8-16)29-4/h5-6,8,17-18H,7,9-14H2,1-4H3,(H,24,26).